The summed E-state index contributed by atoms with van der Waals surface area (Å²) < 4.78 is 6.96. The number of nitrogens with one attached hydrogen (secondary N) is 1. The Hall–Kier alpha value is -3.36. The van der Waals surface area contributed by atoms with E-state index in [1.165, 1.54) is 4.90 Å². The molecular weight excluding hydrogens is 462 g/mol. The van der Waals surface area contributed by atoms with Crippen molar-refractivity contribution in [3.05, 3.63) is 70.3 Å². The van der Waals surface area contributed by atoms with Crippen LogP contribution in [0.4, 0.5) is 10.5 Å². The van der Waals surface area contributed by atoms with Crippen LogP contribution in [0.2, 0.25) is 0 Å². The molecule has 1 fully saturated rings. The van der Waals surface area contributed by atoms with Crippen molar-refractivity contribution >= 4 is 51.5 Å². The third-order valence-corrected chi connectivity index (χ3v) is 6.80. The largest absolute Gasteiger partial charge is 0.385 e. The number of para-hydroxylation sites is 1. The number of rotatable bonds is 9. The Balaban J connectivity index is 1.65. The van der Waals surface area contributed by atoms with Crippen molar-refractivity contribution in [2.75, 3.05) is 25.2 Å². The number of benzene rings is 2. The first kappa shape index (κ1) is 24.8. The second kappa shape index (κ2) is 10.9. The highest BCUT2D eigenvalue weighted by atomic mass is 32.2. The van der Waals surface area contributed by atoms with Crippen LogP contribution in [0.15, 0.2) is 53.6 Å². The number of fused-ring (bicyclic) bond motifs is 1. The lowest BCUT2D eigenvalue weighted by Crippen LogP contribution is -2.28. The SMILES string of the molecule is CCc1cccc2c(/C=C3\SC(=O)N(c4ccc(C)cc4)C3=O)cn(CC(=O)NCCCOC)c12. The Morgan fingerprint density at radius 3 is 2.63 bits per heavy atom. The van der Waals surface area contributed by atoms with Crippen LogP contribution in [0.5, 0.6) is 0 Å². The molecule has 0 aliphatic carbocycles. The van der Waals surface area contributed by atoms with E-state index in [2.05, 4.69) is 12.2 Å². The van der Waals surface area contributed by atoms with Crippen LogP contribution in [0.3, 0.4) is 0 Å². The van der Waals surface area contributed by atoms with Crippen LogP contribution in [-0.4, -0.2) is 41.9 Å². The van der Waals surface area contributed by atoms with Gasteiger partial charge in [0.15, 0.2) is 0 Å². The summed E-state index contributed by atoms with van der Waals surface area (Å²) in [6.45, 7) is 5.33. The smallest absolute Gasteiger partial charge is 0.298 e. The standard InChI is InChI=1S/C27H29N3O4S/c1-4-19-7-5-8-22-20(16-29(25(19)22)17-24(31)28-13-6-14-34-3)15-23-26(32)30(27(33)35-23)21-11-9-18(2)10-12-21/h5,7-12,15-16H,4,6,13-14,17H2,1-3H3,(H,28,31)/b23-15-. The van der Waals surface area contributed by atoms with E-state index in [-0.39, 0.29) is 23.6 Å². The summed E-state index contributed by atoms with van der Waals surface area (Å²) in [5, 5.41) is 3.55. The normalized spacial score (nSPS) is 14.9. The molecule has 1 N–H and O–H groups in total. The second-order valence-corrected chi connectivity index (χ2v) is 9.42. The van der Waals surface area contributed by atoms with Crippen molar-refractivity contribution in [1.29, 1.82) is 0 Å². The zero-order valence-corrected chi connectivity index (χ0v) is 21.0. The van der Waals surface area contributed by atoms with Gasteiger partial charge in [-0.25, -0.2) is 4.90 Å². The van der Waals surface area contributed by atoms with Gasteiger partial charge in [-0.15, -0.1) is 0 Å². The van der Waals surface area contributed by atoms with Gasteiger partial charge in [0.1, 0.15) is 6.54 Å². The highest BCUT2D eigenvalue weighted by Crippen LogP contribution is 2.37. The number of carbonyl (C=O) groups excluding carboxylic acids is 3. The van der Waals surface area contributed by atoms with Crippen LogP contribution < -0.4 is 10.2 Å². The van der Waals surface area contributed by atoms with Gasteiger partial charge < -0.3 is 14.6 Å². The van der Waals surface area contributed by atoms with Gasteiger partial charge in [-0.1, -0.05) is 42.8 Å². The average Bonchev–Trinajstić information content (AvgIpc) is 3.33. The fraction of sp³-hybridized carbons (Fsp3) is 0.296. The fourth-order valence-corrected chi connectivity index (χ4v) is 5.00. The predicted octanol–water partition coefficient (Wildman–Crippen LogP) is 4.91. The van der Waals surface area contributed by atoms with E-state index >= 15 is 0 Å². The summed E-state index contributed by atoms with van der Waals surface area (Å²) in [6, 6.07) is 13.3. The van der Waals surface area contributed by atoms with Crippen LogP contribution in [0.25, 0.3) is 17.0 Å². The van der Waals surface area contributed by atoms with Crippen LogP contribution in [0.1, 0.15) is 30.0 Å². The molecule has 0 spiro atoms. The summed E-state index contributed by atoms with van der Waals surface area (Å²) in [6.07, 6.45) is 5.20. The summed E-state index contributed by atoms with van der Waals surface area (Å²) >= 11 is 0.931. The van der Waals surface area contributed by atoms with Gasteiger partial charge in [-0.2, -0.15) is 0 Å². The summed E-state index contributed by atoms with van der Waals surface area (Å²) in [5.74, 6) is -0.428. The zero-order valence-electron chi connectivity index (χ0n) is 20.2. The molecule has 0 unspecified atom stereocenters. The number of hydrogen-bond donors (Lipinski definition) is 1. The second-order valence-electron chi connectivity index (χ2n) is 8.43. The summed E-state index contributed by atoms with van der Waals surface area (Å²) in [5.41, 5.74) is 4.49. The molecule has 1 aliphatic heterocycles. The fourth-order valence-electron chi connectivity index (χ4n) is 4.17. The third-order valence-electron chi connectivity index (χ3n) is 5.93. The molecule has 0 atom stereocenters. The number of methoxy groups -OCH3 is 1. The maximum atomic E-state index is 13.2. The topological polar surface area (TPSA) is 80.6 Å². The zero-order chi connectivity index (χ0) is 24.9. The van der Waals surface area contributed by atoms with Gasteiger partial charge in [0.2, 0.25) is 5.91 Å². The first-order valence-electron chi connectivity index (χ1n) is 11.6. The molecule has 8 heteroatoms. The van der Waals surface area contributed by atoms with E-state index in [9.17, 15) is 14.4 Å². The Kier molecular flexibility index (Phi) is 7.73. The number of ether oxygens (including phenoxy) is 1. The van der Waals surface area contributed by atoms with E-state index in [1.54, 1.807) is 25.3 Å². The van der Waals surface area contributed by atoms with Gasteiger partial charge >= 0.3 is 0 Å². The van der Waals surface area contributed by atoms with E-state index in [0.717, 1.165) is 52.2 Å². The number of anilines is 1. The first-order valence-corrected chi connectivity index (χ1v) is 12.5. The van der Waals surface area contributed by atoms with Crippen LogP contribution >= 0.6 is 11.8 Å². The number of imide groups is 1. The first-order chi connectivity index (χ1) is 16.9. The van der Waals surface area contributed by atoms with Gasteiger partial charge in [0, 0.05) is 37.4 Å². The van der Waals surface area contributed by atoms with Gasteiger partial charge in [0.05, 0.1) is 16.1 Å². The number of thioether (sulfide) groups is 1. The molecule has 182 valence electrons. The minimum atomic E-state index is -0.340. The van der Waals surface area contributed by atoms with Crippen LogP contribution in [-0.2, 0) is 27.3 Å². The molecule has 2 aromatic carbocycles. The molecule has 1 saturated heterocycles. The molecule has 3 amide bonds. The highest BCUT2D eigenvalue weighted by Gasteiger charge is 2.36. The highest BCUT2D eigenvalue weighted by molar-refractivity contribution is 8.19. The number of amides is 3. The number of hydrogen-bond acceptors (Lipinski definition) is 5. The van der Waals surface area contributed by atoms with E-state index in [1.807, 2.05) is 48.0 Å². The van der Waals surface area contributed by atoms with Crippen molar-refractivity contribution in [3.63, 3.8) is 0 Å². The van der Waals surface area contributed by atoms with Crippen molar-refractivity contribution in [1.82, 2.24) is 9.88 Å². The van der Waals surface area contributed by atoms with E-state index < -0.39 is 0 Å². The Morgan fingerprint density at radius 2 is 1.91 bits per heavy atom. The molecule has 0 bridgehead atoms. The lowest BCUT2D eigenvalue weighted by molar-refractivity contribution is -0.121. The maximum absolute atomic E-state index is 13.2. The van der Waals surface area contributed by atoms with E-state index in [0.29, 0.717) is 23.7 Å². The number of carbonyl (C=O) groups is 3. The summed E-state index contributed by atoms with van der Waals surface area (Å²) in [4.78, 5) is 40.0. The molecule has 4 rings (SSSR count). The lowest BCUT2D eigenvalue weighted by atomic mass is 10.1. The molecule has 7 nitrogen and oxygen atoms in total. The quantitative estimate of drug-likeness (QED) is 0.340. The van der Waals surface area contributed by atoms with Crippen molar-refractivity contribution in [2.45, 2.75) is 33.2 Å². The number of nitrogens with zero attached hydrogens (tertiary/aromatic N) is 2. The molecule has 2 heterocycles. The Bertz CT molecular complexity index is 1290. The number of aromatic nitrogens is 1. The van der Waals surface area contributed by atoms with Gasteiger partial charge in [-0.05, 0) is 55.3 Å². The van der Waals surface area contributed by atoms with Gasteiger partial charge in [0.25, 0.3) is 11.1 Å². The maximum Gasteiger partial charge on any atom is 0.298 e. The summed E-state index contributed by atoms with van der Waals surface area (Å²) in [7, 11) is 1.64. The monoisotopic (exact) mass is 491 g/mol. The van der Waals surface area contributed by atoms with Crippen molar-refractivity contribution in [2.24, 2.45) is 0 Å². The minimum Gasteiger partial charge on any atom is -0.385 e. The third kappa shape index (κ3) is 5.33. The van der Waals surface area contributed by atoms with Crippen LogP contribution in [0, 0.1) is 6.92 Å². The van der Waals surface area contributed by atoms with Crippen molar-refractivity contribution in [3.8, 4) is 0 Å². The molecule has 0 radical (unpaired) electrons. The minimum absolute atomic E-state index is 0.0878. The Labute approximate surface area is 209 Å². The average molecular weight is 492 g/mol. The molecule has 1 aromatic heterocycles. The lowest BCUT2D eigenvalue weighted by Gasteiger charge is -2.12. The molecule has 0 saturated carbocycles. The molecule has 35 heavy (non-hydrogen) atoms. The van der Waals surface area contributed by atoms with E-state index in [4.69, 9.17) is 4.74 Å². The molecular formula is C27H29N3O4S. The number of aryl methyl sites for hydroxylation is 2. The van der Waals surface area contributed by atoms with Crippen molar-refractivity contribution < 1.29 is 19.1 Å². The Morgan fingerprint density at radius 1 is 1.14 bits per heavy atom. The molecule has 3 aromatic rings. The predicted molar refractivity (Wildman–Crippen MR) is 140 cm³/mol. The van der Waals surface area contributed by atoms with Gasteiger partial charge in [-0.3, -0.25) is 14.4 Å². The molecule has 1 aliphatic rings.